The number of rotatable bonds is 5. The first-order valence-electron chi connectivity index (χ1n) is 8.66. The molecule has 0 aliphatic rings. The zero-order valence-electron chi connectivity index (χ0n) is 15.6. The first-order chi connectivity index (χ1) is 13.0. The Bertz CT molecular complexity index is 971. The van der Waals surface area contributed by atoms with Crippen molar-refractivity contribution in [1.29, 1.82) is 0 Å². The fourth-order valence-corrected chi connectivity index (χ4v) is 3.17. The van der Waals surface area contributed by atoms with E-state index in [9.17, 15) is 9.59 Å². The molecule has 0 fully saturated rings. The van der Waals surface area contributed by atoms with Crippen LogP contribution in [0.15, 0.2) is 66.7 Å². The van der Waals surface area contributed by atoms with Gasteiger partial charge in [-0.25, -0.2) is 0 Å². The molecule has 1 N–H and O–H groups in total. The van der Waals surface area contributed by atoms with E-state index in [1.54, 1.807) is 55.6 Å². The third kappa shape index (κ3) is 3.90. The van der Waals surface area contributed by atoms with Crippen LogP contribution in [0, 0.1) is 13.8 Å². The number of hydrogen-bond acceptors (Lipinski definition) is 3. The van der Waals surface area contributed by atoms with Crippen molar-refractivity contribution in [2.24, 2.45) is 0 Å². The zero-order valence-corrected chi connectivity index (χ0v) is 15.6. The van der Waals surface area contributed by atoms with E-state index in [4.69, 9.17) is 4.74 Å². The number of anilines is 1. The van der Waals surface area contributed by atoms with E-state index in [0.29, 0.717) is 22.4 Å². The zero-order chi connectivity index (χ0) is 19.4. The van der Waals surface area contributed by atoms with Crippen LogP contribution in [0.25, 0.3) is 0 Å². The number of ketones is 1. The molecule has 1 amide bonds. The highest BCUT2D eigenvalue weighted by Gasteiger charge is 2.18. The van der Waals surface area contributed by atoms with E-state index < -0.39 is 0 Å². The fraction of sp³-hybridized carbons (Fsp3) is 0.130. The van der Waals surface area contributed by atoms with E-state index in [-0.39, 0.29) is 11.7 Å². The Kier molecular flexibility index (Phi) is 5.36. The SMILES string of the molecule is COc1c(C)cc(NC(=O)c2ccccc2C(=O)c2ccccc2)cc1C. The quantitative estimate of drug-likeness (QED) is 0.666. The van der Waals surface area contributed by atoms with Crippen LogP contribution in [0.2, 0.25) is 0 Å². The normalized spacial score (nSPS) is 10.3. The maximum Gasteiger partial charge on any atom is 0.256 e. The average Bonchev–Trinajstić information content (AvgIpc) is 2.68. The highest BCUT2D eigenvalue weighted by atomic mass is 16.5. The number of ether oxygens (including phenoxy) is 1. The largest absolute Gasteiger partial charge is 0.496 e. The molecule has 0 saturated heterocycles. The van der Waals surface area contributed by atoms with Gasteiger partial charge in [-0.2, -0.15) is 0 Å². The Morgan fingerprint density at radius 3 is 1.96 bits per heavy atom. The average molecular weight is 359 g/mol. The fourth-order valence-electron chi connectivity index (χ4n) is 3.17. The Balaban J connectivity index is 1.92. The molecule has 0 atom stereocenters. The summed E-state index contributed by atoms with van der Waals surface area (Å²) in [4.78, 5) is 25.7. The van der Waals surface area contributed by atoms with Crippen LogP contribution in [-0.4, -0.2) is 18.8 Å². The van der Waals surface area contributed by atoms with E-state index in [0.717, 1.165) is 16.9 Å². The third-order valence-corrected chi connectivity index (χ3v) is 4.37. The van der Waals surface area contributed by atoms with Crippen molar-refractivity contribution in [2.75, 3.05) is 12.4 Å². The van der Waals surface area contributed by atoms with Gasteiger partial charge in [0, 0.05) is 16.8 Å². The lowest BCUT2D eigenvalue weighted by atomic mass is 9.98. The number of aryl methyl sites for hydroxylation is 2. The lowest BCUT2D eigenvalue weighted by Gasteiger charge is -2.13. The standard InChI is InChI=1S/C23H21NO3/c1-15-13-18(14-16(2)22(15)27-3)24-23(26)20-12-8-7-11-19(20)21(25)17-9-5-4-6-10-17/h4-14H,1-3H3,(H,24,26). The molecule has 0 aliphatic carbocycles. The molecule has 0 radical (unpaired) electrons. The number of amides is 1. The van der Waals surface area contributed by atoms with Crippen molar-refractivity contribution in [1.82, 2.24) is 0 Å². The van der Waals surface area contributed by atoms with E-state index in [1.807, 2.05) is 32.0 Å². The van der Waals surface area contributed by atoms with Crippen molar-refractivity contribution >= 4 is 17.4 Å². The molecular weight excluding hydrogens is 338 g/mol. The molecule has 3 aromatic rings. The van der Waals surface area contributed by atoms with Crippen LogP contribution in [-0.2, 0) is 0 Å². The molecular formula is C23H21NO3. The van der Waals surface area contributed by atoms with E-state index >= 15 is 0 Å². The van der Waals surface area contributed by atoms with Crippen LogP contribution in [0.1, 0.15) is 37.4 Å². The van der Waals surface area contributed by atoms with Gasteiger partial charge in [0.2, 0.25) is 0 Å². The summed E-state index contributed by atoms with van der Waals surface area (Å²) < 4.78 is 5.36. The monoisotopic (exact) mass is 359 g/mol. The van der Waals surface area contributed by atoms with Crippen LogP contribution in [0.4, 0.5) is 5.69 Å². The van der Waals surface area contributed by atoms with Gasteiger partial charge in [-0.05, 0) is 43.2 Å². The van der Waals surface area contributed by atoms with Gasteiger partial charge in [-0.3, -0.25) is 9.59 Å². The highest BCUT2D eigenvalue weighted by Crippen LogP contribution is 2.27. The predicted molar refractivity (Wildman–Crippen MR) is 107 cm³/mol. The number of carbonyl (C=O) groups excluding carboxylic acids is 2. The second kappa shape index (κ2) is 7.87. The van der Waals surface area contributed by atoms with Gasteiger partial charge in [0.25, 0.3) is 5.91 Å². The summed E-state index contributed by atoms with van der Waals surface area (Å²) in [6, 6.07) is 19.5. The maximum atomic E-state index is 12.9. The van der Waals surface area contributed by atoms with Crippen LogP contribution in [0.5, 0.6) is 5.75 Å². The van der Waals surface area contributed by atoms with Gasteiger partial charge in [-0.1, -0.05) is 48.5 Å². The van der Waals surface area contributed by atoms with Crippen LogP contribution < -0.4 is 10.1 Å². The molecule has 0 bridgehead atoms. The predicted octanol–water partition coefficient (Wildman–Crippen LogP) is 4.80. The minimum atomic E-state index is -0.321. The smallest absolute Gasteiger partial charge is 0.256 e. The van der Waals surface area contributed by atoms with E-state index in [1.165, 1.54) is 0 Å². The number of carbonyl (C=O) groups is 2. The molecule has 0 heterocycles. The highest BCUT2D eigenvalue weighted by molar-refractivity contribution is 6.17. The minimum Gasteiger partial charge on any atom is -0.496 e. The molecule has 4 heteroatoms. The molecule has 4 nitrogen and oxygen atoms in total. The number of benzene rings is 3. The van der Waals surface area contributed by atoms with Crippen molar-refractivity contribution in [3.63, 3.8) is 0 Å². The molecule has 0 aliphatic heterocycles. The molecule has 3 aromatic carbocycles. The Labute approximate surface area is 158 Å². The molecule has 136 valence electrons. The topological polar surface area (TPSA) is 55.4 Å². The third-order valence-electron chi connectivity index (χ3n) is 4.37. The lowest BCUT2D eigenvalue weighted by molar-refractivity contribution is 0.0996. The number of methoxy groups -OCH3 is 1. The van der Waals surface area contributed by atoms with Crippen molar-refractivity contribution in [3.05, 3.63) is 94.5 Å². The van der Waals surface area contributed by atoms with Crippen molar-refractivity contribution in [2.45, 2.75) is 13.8 Å². The van der Waals surface area contributed by atoms with Crippen LogP contribution in [0.3, 0.4) is 0 Å². The van der Waals surface area contributed by atoms with Crippen molar-refractivity contribution < 1.29 is 14.3 Å². The van der Waals surface area contributed by atoms with Crippen LogP contribution >= 0.6 is 0 Å². The Hall–Kier alpha value is -3.40. The summed E-state index contributed by atoms with van der Waals surface area (Å²) in [5.41, 5.74) is 3.80. The summed E-state index contributed by atoms with van der Waals surface area (Å²) in [6.07, 6.45) is 0. The summed E-state index contributed by atoms with van der Waals surface area (Å²) in [5.74, 6) is 0.301. The van der Waals surface area contributed by atoms with Crippen molar-refractivity contribution in [3.8, 4) is 5.75 Å². The number of hydrogen-bond donors (Lipinski definition) is 1. The molecule has 27 heavy (non-hydrogen) atoms. The van der Waals surface area contributed by atoms with Gasteiger partial charge < -0.3 is 10.1 Å². The summed E-state index contributed by atoms with van der Waals surface area (Å²) in [7, 11) is 1.62. The van der Waals surface area contributed by atoms with Gasteiger partial charge in [-0.15, -0.1) is 0 Å². The summed E-state index contributed by atoms with van der Waals surface area (Å²) in [5, 5.41) is 2.89. The lowest BCUT2D eigenvalue weighted by Crippen LogP contribution is -2.17. The molecule has 0 spiro atoms. The Morgan fingerprint density at radius 1 is 0.815 bits per heavy atom. The van der Waals surface area contributed by atoms with Gasteiger partial charge in [0.1, 0.15) is 5.75 Å². The first kappa shape index (κ1) is 18.4. The van der Waals surface area contributed by atoms with Gasteiger partial charge in [0.15, 0.2) is 5.78 Å². The summed E-state index contributed by atoms with van der Waals surface area (Å²) in [6.45, 7) is 3.85. The Morgan fingerprint density at radius 2 is 1.37 bits per heavy atom. The minimum absolute atomic E-state index is 0.177. The second-order valence-corrected chi connectivity index (χ2v) is 6.34. The van der Waals surface area contributed by atoms with Gasteiger partial charge in [0.05, 0.1) is 12.7 Å². The molecule has 3 rings (SSSR count). The van der Waals surface area contributed by atoms with Gasteiger partial charge >= 0.3 is 0 Å². The molecule has 0 saturated carbocycles. The van der Waals surface area contributed by atoms with E-state index in [2.05, 4.69) is 5.32 Å². The molecule has 0 aromatic heterocycles. The summed E-state index contributed by atoms with van der Waals surface area (Å²) >= 11 is 0. The molecule has 0 unspecified atom stereocenters. The second-order valence-electron chi connectivity index (χ2n) is 6.34. The number of nitrogens with one attached hydrogen (secondary N) is 1. The first-order valence-corrected chi connectivity index (χ1v) is 8.66. The maximum absolute atomic E-state index is 12.9.